The number of anilines is 1. The number of nitrogens with one attached hydrogen (secondary N) is 1. The smallest absolute Gasteiger partial charge is 0.259 e. The highest BCUT2D eigenvalue weighted by atomic mass is 35.5. The fourth-order valence-corrected chi connectivity index (χ4v) is 1.55. The lowest BCUT2D eigenvalue weighted by Gasteiger charge is -2.07. The van der Waals surface area contributed by atoms with Crippen molar-refractivity contribution in [3.05, 3.63) is 52.7 Å². The summed E-state index contributed by atoms with van der Waals surface area (Å²) in [4.78, 5) is 19.5. The van der Waals surface area contributed by atoms with Crippen molar-refractivity contribution in [3.63, 3.8) is 0 Å². The first-order valence-electron chi connectivity index (χ1n) is 5.12. The van der Waals surface area contributed by atoms with E-state index in [1.165, 1.54) is 18.5 Å². The largest absolute Gasteiger partial charge is 0.304 e. The molecule has 0 atom stereocenters. The lowest BCUT2D eigenvalue weighted by molar-refractivity contribution is 0.102. The van der Waals surface area contributed by atoms with Crippen molar-refractivity contribution in [1.82, 2.24) is 9.97 Å². The van der Waals surface area contributed by atoms with Gasteiger partial charge >= 0.3 is 0 Å². The summed E-state index contributed by atoms with van der Waals surface area (Å²) in [7, 11) is 0. The molecular weight excluding hydrogens is 257 g/mol. The van der Waals surface area contributed by atoms with Gasteiger partial charge in [-0.2, -0.15) is 0 Å². The zero-order valence-electron chi connectivity index (χ0n) is 9.45. The molecule has 1 N–H and O–H groups in total. The van der Waals surface area contributed by atoms with Crippen LogP contribution in [0.3, 0.4) is 0 Å². The average Bonchev–Trinajstić information content (AvgIpc) is 2.35. The third-order valence-corrected chi connectivity index (χ3v) is 2.60. The molecule has 1 amide bonds. The number of rotatable bonds is 2. The highest BCUT2D eigenvalue weighted by molar-refractivity contribution is 6.32. The third-order valence-electron chi connectivity index (χ3n) is 2.32. The lowest BCUT2D eigenvalue weighted by Crippen LogP contribution is -2.15. The van der Waals surface area contributed by atoms with Crippen LogP contribution in [-0.2, 0) is 0 Å². The molecule has 0 aliphatic rings. The fourth-order valence-electron chi connectivity index (χ4n) is 1.40. The monoisotopic (exact) mass is 265 g/mol. The first kappa shape index (κ1) is 12.4. The molecule has 0 aliphatic heterocycles. The SMILES string of the molecule is Cc1cccc(C(=O)Nc2nccnc2Cl)c1F. The van der Waals surface area contributed by atoms with Crippen LogP contribution < -0.4 is 5.32 Å². The molecule has 1 aromatic carbocycles. The van der Waals surface area contributed by atoms with Gasteiger partial charge in [0.15, 0.2) is 11.0 Å². The van der Waals surface area contributed by atoms with Crippen molar-refractivity contribution < 1.29 is 9.18 Å². The zero-order valence-corrected chi connectivity index (χ0v) is 10.2. The number of aromatic nitrogens is 2. The molecule has 1 heterocycles. The topological polar surface area (TPSA) is 54.9 Å². The standard InChI is InChI=1S/C12H9ClFN3O/c1-7-3-2-4-8(9(7)14)12(18)17-11-10(13)15-5-6-16-11/h2-6H,1H3,(H,16,17,18). The summed E-state index contributed by atoms with van der Waals surface area (Å²) in [6.45, 7) is 1.58. The van der Waals surface area contributed by atoms with E-state index in [-0.39, 0.29) is 16.5 Å². The normalized spacial score (nSPS) is 10.2. The Morgan fingerprint density at radius 3 is 2.78 bits per heavy atom. The molecule has 0 saturated heterocycles. The van der Waals surface area contributed by atoms with Gasteiger partial charge in [0, 0.05) is 12.4 Å². The minimum Gasteiger partial charge on any atom is -0.304 e. The fraction of sp³-hybridized carbons (Fsp3) is 0.0833. The quantitative estimate of drug-likeness (QED) is 0.908. The van der Waals surface area contributed by atoms with Gasteiger partial charge in [-0.3, -0.25) is 4.79 Å². The van der Waals surface area contributed by atoms with E-state index in [4.69, 9.17) is 11.6 Å². The van der Waals surface area contributed by atoms with E-state index in [1.807, 2.05) is 0 Å². The van der Waals surface area contributed by atoms with Gasteiger partial charge in [0.1, 0.15) is 5.82 Å². The van der Waals surface area contributed by atoms with Gasteiger partial charge in [0.05, 0.1) is 5.56 Å². The van der Waals surface area contributed by atoms with Gasteiger partial charge in [0.2, 0.25) is 0 Å². The number of aryl methyl sites for hydroxylation is 1. The number of amides is 1. The van der Waals surface area contributed by atoms with Crippen molar-refractivity contribution in [2.75, 3.05) is 5.32 Å². The molecular formula is C12H9ClFN3O. The second-order valence-corrected chi connectivity index (χ2v) is 3.94. The Kier molecular flexibility index (Phi) is 3.53. The molecule has 0 saturated carbocycles. The first-order valence-corrected chi connectivity index (χ1v) is 5.50. The molecule has 0 bridgehead atoms. The maximum atomic E-state index is 13.7. The number of carbonyl (C=O) groups excluding carboxylic acids is 1. The van der Waals surface area contributed by atoms with Gasteiger partial charge in [-0.05, 0) is 18.6 Å². The summed E-state index contributed by atoms with van der Waals surface area (Å²) >= 11 is 5.74. The Hall–Kier alpha value is -2.01. The van der Waals surface area contributed by atoms with Crippen molar-refractivity contribution in [2.45, 2.75) is 6.92 Å². The second kappa shape index (κ2) is 5.10. The number of benzene rings is 1. The zero-order chi connectivity index (χ0) is 13.1. The Morgan fingerprint density at radius 1 is 1.33 bits per heavy atom. The minimum absolute atomic E-state index is 0.0545. The van der Waals surface area contributed by atoms with Gasteiger partial charge in [0.25, 0.3) is 5.91 Å². The van der Waals surface area contributed by atoms with Gasteiger partial charge in [-0.15, -0.1) is 0 Å². The van der Waals surface area contributed by atoms with Gasteiger partial charge in [-0.1, -0.05) is 23.7 Å². The summed E-state index contributed by atoms with van der Waals surface area (Å²) in [6.07, 6.45) is 2.78. The molecule has 0 spiro atoms. The molecule has 0 radical (unpaired) electrons. The van der Waals surface area contributed by atoms with Crippen LogP contribution in [0.15, 0.2) is 30.6 Å². The summed E-state index contributed by atoms with van der Waals surface area (Å²) in [6, 6.07) is 4.58. The lowest BCUT2D eigenvalue weighted by atomic mass is 10.1. The van der Waals surface area contributed by atoms with Crippen LogP contribution in [-0.4, -0.2) is 15.9 Å². The maximum Gasteiger partial charge on any atom is 0.259 e. The van der Waals surface area contributed by atoms with Crippen LogP contribution in [0.1, 0.15) is 15.9 Å². The Balaban J connectivity index is 2.28. The van der Waals surface area contributed by atoms with Crippen LogP contribution in [0, 0.1) is 12.7 Å². The summed E-state index contributed by atoms with van der Waals surface area (Å²) in [5.41, 5.74) is 0.338. The summed E-state index contributed by atoms with van der Waals surface area (Å²) < 4.78 is 13.7. The van der Waals surface area contributed by atoms with Crippen molar-refractivity contribution in [3.8, 4) is 0 Å². The Labute approximate surface area is 108 Å². The highest BCUT2D eigenvalue weighted by Crippen LogP contribution is 2.17. The van der Waals surface area contributed by atoms with Crippen LogP contribution >= 0.6 is 11.6 Å². The number of hydrogen-bond acceptors (Lipinski definition) is 3. The molecule has 0 fully saturated rings. The average molecular weight is 266 g/mol. The van der Waals surface area contributed by atoms with E-state index in [9.17, 15) is 9.18 Å². The molecule has 2 rings (SSSR count). The van der Waals surface area contributed by atoms with E-state index in [0.29, 0.717) is 5.56 Å². The first-order chi connectivity index (χ1) is 8.59. The molecule has 1 aromatic heterocycles. The van der Waals surface area contributed by atoms with Crippen LogP contribution in [0.2, 0.25) is 5.15 Å². The number of carbonyl (C=O) groups is 1. The minimum atomic E-state index is -0.612. The predicted octanol–water partition coefficient (Wildman–Crippen LogP) is 2.83. The highest BCUT2D eigenvalue weighted by Gasteiger charge is 2.15. The summed E-state index contributed by atoms with van der Waals surface area (Å²) in [5, 5.41) is 2.46. The molecule has 0 unspecified atom stereocenters. The van der Waals surface area contributed by atoms with Gasteiger partial charge in [-0.25, -0.2) is 14.4 Å². The van der Waals surface area contributed by atoms with E-state index in [0.717, 1.165) is 0 Å². The Bertz CT molecular complexity index is 604. The number of hydrogen-bond donors (Lipinski definition) is 1. The molecule has 0 aliphatic carbocycles. The predicted molar refractivity (Wildman–Crippen MR) is 66.1 cm³/mol. The number of nitrogens with zero attached hydrogens (tertiary/aromatic N) is 2. The molecule has 6 heteroatoms. The third kappa shape index (κ3) is 2.46. The van der Waals surface area contributed by atoms with Crippen molar-refractivity contribution >= 4 is 23.3 Å². The molecule has 4 nitrogen and oxygen atoms in total. The van der Waals surface area contributed by atoms with Crippen LogP contribution in [0.25, 0.3) is 0 Å². The molecule has 92 valence electrons. The van der Waals surface area contributed by atoms with Crippen LogP contribution in [0.5, 0.6) is 0 Å². The summed E-state index contributed by atoms with van der Waals surface area (Å²) in [5.74, 6) is -1.07. The van der Waals surface area contributed by atoms with E-state index in [1.54, 1.807) is 19.1 Å². The van der Waals surface area contributed by atoms with Crippen LogP contribution in [0.4, 0.5) is 10.2 Å². The van der Waals surface area contributed by atoms with Gasteiger partial charge < -0.3 is 5.32 Å². The van der Waals surface area contributed by atoms with E-state index < -0.39 is 11.7 Å². The van der Waals surface area contributed by atoms with Crippen molar-refractivity contribution in [1.29, 1.82) is 0 Å². The molecule has 18 heavy (non-hydrogen) atoms. The maximum absolute atomic E-state index is 13.7. The van der Waals surface area contributed by atoms with E-state index in [2.05, 4.69) is 15.3 Å². The Morgan fingerprint density at radius 2 is 2.06 bits per heavy atom. The number of halogens is 2. The van der Waals surface area contributed by atoms with E-state index >= 15 is 0 Å². The second-order valence-electron chi connectivity index (χ2n) is 3.59. The molecule has 2 aromatic rings. The van der Waals surface area contributed by atoms with Crippen molar-refractivity contribution in [2.24, 2.45) is 0 Å².